The summed E-state index contributed by atoms with van der Waals surface area (Å²) in [4.78, 5) is 0. The number of hydrogen-bond donors (Lipinski definition) is 1. The zero-order chi connectivity index (χ0) is 11.3. The Morgan fingerprint density at radius 2 is 2.00 bits per heavy atom. The Morgan fingerprint density at radius 3 is 2.47 bits per heavy atom. The highest BCUT2D eigenvalue weighted by molar-refractivity contribution is 7.88. The van der Waals surface area contributed by atoms with E-state index in [2.05, 4.69) is 5.32 Å². The van der Waals surface area contributed by atoms with E-state index in [1.165, 1.54) is 6.26 Å². The highest BCUT2D eigenvalue weighted by Crippen LogP contribution is 2.12. The van der Waals surface area contributed by atoms with Crippen molar-refractivity contribution in [2.45, 2.75) is 18.9 Å². The first-order valence-corrected chi connectivity index (χ1v) is 7.06. The van der Waals surface area contributed by atoms with Crippen LogP contribution in [0.5, 0.6) is 0 Å². The lowest BCUT2D eigenvalue weighted by Gasteiger charge is -2.30. The van der Waals surface area contributed by atoms with Crippen molar-refractivity contribution in [3.63, 3.8) is 0 Å². The molecule has 0 aliphatic carbocycles. The lowest BCUT2D eigenvalue weighted by molar-refractivity contribution is 0.189. The summed E-state index contributed by atoms with van der Waals surface area (Å²) in [5.41, 5.74) is 0. The molecule has 0 radical (unpaired) electrons. The van der Waals surface area contributed by atoms with Gasteiger partial charge in [-0.1, -0.05) is 0 Å². The summed E-state index contributed by atoms with van der Waals surface area (Å²) in [6, 6.07) is 0.429. The fourth-order valence-corrected chi connectivity index (χ4v) is 2.63. The van der Waals surface area contributed by atoms with Crippen molar-refractivity contribution in [3.05, 3.63) is 0 Å². The maximum absolute atomic E-state index is 11.2. The summed E-state index contributed by atoms with van der Waals surface area (Å²) in [6.07, 6.45) is 3.04. The first kappa shape index (κ1) is 12.9. The predicted octanol–water partition coefficient (Wildman–Crippen LogP) is -0.354. The van der Waals surface area contributed by atoms with Gasteiger partial charge in [-0.2, -0.15) is 0 Å². The van der Waals surface area contributed by atoms with Gasteiger partial charge in [0.25, 0.3) is 0 Å². The number of piperidine rings is 1. The molecule has 0 saturated carbocycles. The van der Waals surface area contributed by atoms with Crippen LogP contribution < -0.4 is 5.32 Å². The van der Waals surface area contributed by atoms with Crippen molar-refractivity contribution in [3.8, 4) is 0 Å². The fourth-order valence-electron chi connectivity index (χ4n) is 1.76. The SMILES string of the molecule is COCCNC1CCN(S(C)(=O)=O)CC1. The second kappa shape index (κ2) is 5.79. The zero-order valence-corrected chi connectivity index (χ0v) is 10.2. The molecule has 1 saturated heterocycles. The molecule has 0 spiro atoms. The standard InChI is InChI=1S/C9H20N2O3S/c1-14-8-5-10-9-3-6-11(7-4-9)15(2,12)13/h9-10H,3-8H2,1-2H3. The Bertz CT molecular complexity index is 271. The van der Waals surface area contributed by atoms with Crippen LogP contribution in [0.25, 0.3) is 0 Å². The number of methoxy groups -OCH3 is 1. The molecule has 1 fully saturated rings. The third-order valence-electron chi connectivity index (χ3n) is 2.66. The average molecular weight is 236 g/mol. The smallest absolute Gasteiger partial charge is 0.211 e. The number of rotatable bonds is 5. The summed E-state index contributed by atoms with van der Waals surface area (Å²) in [5.74, 6) is 0. The van der Waals surface area contributed by atoms with Gasteiger partial charge in [-0.25, -0.2) is 12.7 Å². The second-order valence-corrected chi connectivity index (χ2v) is 5.87. The quantitative estimate of drug-likeness (QED) is 0.663. The Hall–Kier alpha value is -0.170. The van der Waals surface area contributed by atoms with Crippen molar-refractivity contribution in [2.24, 2.45) is 0 Å². The van der Waals surface area contributed by atoms with E-state index in [9.17, 15) is 8.42 Å². The molecule has 0 bridgehead atoms. The molecule has 90 valence electrons. The van der Waals surface area contributed by atoms with Crippen LogP contribution in [0.1, 0.15) is 12.8 Å². The molecule has 15 heavy (non-hydrogen) atoms. The molecule has 1 rings (SSSR count). The Balaban J connectivity index is 2.24. The van der Waals surface area contributed by atoms with Crippen molar-refractivity contribution in [1.82, 2.24) is 9.62 Å². The summed E-state index contributed by atoms with van der Waals surface area (Å²) in [7, 11) is -1.32. The maximum Gasteiger partial charge on any atom is 0.211 e. The number of sulfonamides is 1. The van der Waals surface area contributed by atoms with Gasteiger partial charge >= 0.3 is 0 Å². The molecule has 0 atom stereocenters. The minimum absolute atomic E-state index is 0.429. The van der Waals surface area contributed by atoms with Gasteiger partial charge in [0.2, 0.25) is 10.0 Å². The minimum atomic E-state index is -2.99. The number of nitrogens with zero attached hydrogens (tertiary/aromatic N) is 1. The fraction of sp³-hybridized carbons (Fsp3) is 1.00. The van der Waals surface area contributed by atoms with Crippen LogP contribution in [-0.2, 0) is 14.8 Å². The molecular weight excluding hydrogens is 216 g/mol. The van der Waals surface area contributed by atoms with E-state index in [4.69, 9.17) is 4.74 Å². The molecule has 0 aromatic heterocycles. The van der Waals surface area contributed by atoms with Gasteiger partial charge in [-0.15, -0.1) is 0 Å². The highest BCUT2D eigenvalue weighted by Gasteiger charge is 2.24. The zero-order valence-electron chi connectivity index (χ0n) is 9.40. The van der Waals surface area contributed by atoms with Gasteiger partial charge in [0.05, 0.1) is 12.9 Å². The molecule has 1 heterocycles. The third-order valence-corrected chi connectivity index (χ3v) is 3.97. The van der Waals surface area contributed by atoms with E-state index >= 15 is 0 Å². The second-order valence-electron chi connectivity index (χ2n) is 3.88. The summed E-state index contributed by atoms with van der Waals surface area (Å²) < 4.78 is 29.0. The number of nitrogens with one attached hydrogen (secondary N) is 1. The van der Waals surface area contributed by atoms with E-state index in [-0.39, 0.29) is 0 Å². The van der Waals surface area contributed by atoms with E-state index in [1.807, 2.05) is 0 Å². The first-order valence-electron chi connectivity index (χ1n) is 5.21. The molecule has 5 nitrogen and oxygen atoms in total. The van der Waals surface area contributed by atoms with Crippen LogP contribution in [0.3, 0.4) is 0 Å². The maximum atomic E-state index is 11.2. The highest BCUT2D eigenvalue weighted by atomic mass is 32.2. The molecule has 0 aromatic rings. The normalized spacial score (nSPS) is 20.7. The van der Waals surface area contributed by atoms with Gasteiger partial charge in [-0.3, -0.25) is 0 Å². The van der Waals surface area contributed by atoms with Gasteiger partial charge in [0.15, 0.2) is 0 Å². The Morgan fingerprint density at radius 1 is 1.40 bits per heavy atom. The number of ether oxygens (including phenoxy) is 1. The lowest BCUT2D eigenvalue weighted by atomic mass is 10.1. The minimum Gasteiger partial charge on any atom is -0.383 e. The van der Waals surface area contributed by atoms with Crippen LogP contribution in [0.15, 0.2) is 0 Å². The van der Waals surface area contributed by atoms with E-state index in [1.54, 1.807) is 11.4 Å². The monoisotopic (exact) mass is 236 g/mol. The Kier molecular flexibility index (Phi) is 4.98. The molecule has 0 unspecified atom stereocenters. The molecule has 0 amide bonds. The van der Waals surface area contributed by atoms with Crippen LogP contribution in [0, 0.1) is 0 Å². The van der Waals surface area contributed by atoms with Gasteiger partial charge < -0.3 is 10.1 Å². The molecule has 1 aliphatic heterocycles. The predicted molar refractivity (Wildman–Crippen MR) is 59.3 cm³/mol. The molecular formula is C9H20N2O3S. The van der Waals surface area contributed by atoms with E-state index in [0.717, 1.165) is 19.4 Å². The van der Waals surface area contributed by atoms with Crippen LogP contribution in [0.2, 0.25) is 0 Å². The van der Waals surface area contributed by atoms with Crippen LogP contribution in [-0.4, -0.2) is 58.4 Å². The van der Waals surface area contributed by atoms with Crippen molar-refractivity contribution in [1.29, 1.82) is 0 Å². The van der Waals surface area contributed by atoms with Crippen molar-refractivity contribution >= 4 is 10.0 Å². The molecule has 1 N–H and O–H groups in total. The molecule has 6 heteroatoms. The largest absolute Gasteiger partial charge is 0.383 e. The van der Waals surface area contributed by atoms with Crippen molar-refractivity contribution < 1.29 is 13.2 Å². The summed E-state index contributed by atoms with van der Waals surface area (Å²) in [6.45, 7) is 2.79. The van der Waals surface area contributed by atoms with Crippen LogP contribution in [0.4, 0.5) is 0 Å². The van der Waals surface area contributed by atoms with Gasteiger partial charge in [0, 0.05) is 32.8 Å². The van der Waals surface area contributed by atoms with Crippen LogP contribution >= 0.6 is 0 Å². The van der Waals surface area contributed by atoms with E-state index in [0.29, 0.717) is 25.7 Å². The van der Waals surface area contributed by atoms with Gasteiger partial charge in [0.1, 0.15) is 0 Å². The third kappa shape index (κ3) is 4.46. The molecule has 0 aromatic carbocycles. The summed E-state index contributed by atoms with van der Waals surface area (Å²) in [5, 5.41) is 3.35. The Labute approximate surface area is 91.8 Å². The lowest BCUT2D eigenvalue weighted by Crippen LogP contribution is -2.45. The van der Waals surface area contributed by atoms with Gasteiger partial charge in [-0.05, 0) is 12.8 Å². The first-order chi connectivity index (χ1) is 7.04. The van der Waals surface area contributed by atoms with E-state index < -0.39 is 10.0 Å². The number of hydrogen-bond acceptors (Lipinski definition) is 4. The average Bonchev–Trinajstić information content (AvgIpc) is 2.18. The topological polar surface area (TPSA) is 58.6 Å². The molecule has 1 aliphatic rings. The van der Waals surface area contributed by atoms with Crippen molar-refractivity contribution in [2.75, 3.05) is 39.6 Å². The summed E-state index contributed by atoms with van der Waals surface area (Å²) >= 11 is 0.